The van der Waals surface area contributed by atoms with E-state index in [1.54, 1.807) is 5.01 Å². The van der Waals surface area contributed by atoms with Crippen molar-refractivity contribution < 1.29 is 21.9 Å². The highest BCUT2D eigenvalue weighted by Crippen LogP contribution is 2.33. The summed E-state index contributed by atoms with van der Waals surface area (Å²) in [5.41, 5.74) is 1.02. The van der Waals surface area contributed by atoms with Gasteiger partial charge in [0.2, 0.25) is 10.0 Å². The largest absolute Gasteiger partial charge is 0.505 e. The van der Waals surface area contributed by atoms with E-state index in [9.17, 15) is 21.9 Å². The fourth-order valence-electron chi connectivity index (χ4n) is 3.49. The van der Waals surface area contributed by atoms with E-state index in [-0.39, 0.29) is 34.4 Å². The number of thiophene rings is 1. The minimum Gasteiger partial charge on any atom is -0.505 e. The molecule has 1 aromatic carbocycles. The predicted molar refractivity (Wildman–Crippen MR) is 135 cm³/mol. The van der Waals surface area contributed by atoms with Crippen LogP contribution >= 0.6 is 11.3 Å². The number of allylic oxidation sites excluding steroid dienone is 1. The van der Waals surface area contributed by atoms with Gasteiger partial charge in [-0.3, -0.25) is 9.73 Å². The van der Waals surface area contributed by atoms with Gasteiger partial charge in [0.05, 0.1) is 28.9 Å². The van der Waals surface area contributed by atoms with Crippen LogP contribution in [0.25, 0.3) is 0 Å². The molecule has 3 N–H and O–H groups in total. The van der Waals surface area contributed by atoms with Crippen LogP contribution in [-0.4, -0.2) is 57.8 Å². The lowest BCUT2D eigenvalue weighted by Crippen LogP contribution is -2.36. The molecule has 0 unspecified atom stereocenters. The van der Waals surface area contributed by atoms with E-state index < -0.39 is 20.0 Å². The molecule has 3 heterocycles. The predicted octanol–water partition coefficient (Wildman–Crippen LogP) is 3.21. The summed E-state index contributed by atoms with van der Waals surface area (Å²) < 4.78 is 55.2. The molecule has 0 bridgehead atoms. The van der Waals surface area contributed by atoms with Crippen LogP contribution in [-0.2, 0) is 20.0 Å². The Balaban J connectivity index is 1.73. The second-order valence-corrected chi connectivity index (χ2v) is 12.7. The molecule has 2 aliphatic rings. The zero-order chi connectivity index (χ0) is 24.7. The summed E-state index contributed by atoms with van der Waals surface area (Å²) in [6.07, 6.45) is 1.85. The van der Waals surface area contributed by atoms with Gasteiger partial charge in [-0.1, -0.05) is 19.9 Å². The number of hydrazone groups is 1. The first kappa shape index (κ1) is 24.2. The number of nitrogens with zero attached hydrogens (tertiary/aromatic N) is 3. The summed E-state index contributed by atoms with van der Waals surface area (Å²) in [6, 6.07) is 7.80. The Kier molecular flexibility index (Phi) is 6.44. The van der Waals surface area contributed by atoms with Crippen LogP contribution in [0.4, 0.5) is 11.4 Å². The van der Waals surface area contributed by atoms with Crippen molar-refractivity contribution in [1.29, 1.82) is 0 Å². The van der Waals surface area contributed by atoms with Crippen LogP contribution in [0.3, 0.4) is 0 Å². The maximum absolute atomic E-state index is 13.0. The van der Waals surface area contributed by atoms with Crippen LogP contribution in [0.5, 0.6) is 0 Å². The molecule has 0 radical (unpaired) electrons. The summed E-state index contributed by atoms with van der Waals surface area (Å²) in [6.45, 7) is 5.01. The van der Waals surface area contributed by atoms with E-state index in [4.69, 9.17) is 0 Å². The van der Waals surface area contributed by atoms with Gasteiger partial charge in [0.25, 0.3) is 10.0 Å². The van der Waals surface area contributed by atoms with Crippen molar-refractivity contribution in [3.05, 3.63) is 51.9 Å². The van der Waals surface area contributed by atoms with Gasteiger partial charge in [-0.15, -0.1) is 15.7 Å². The number of amidine groups is 1. The van der Waals surface area contributed by atoms with Crippen molar-refractivity contribution >= 4 is 54.3 Å². The first-order valence-corrected chi connectivity index (χ1v) is 14.7. The third kappa shape index (κ3) is 5.26. The SMILES string of the molecule is CC(C)CCN1CC(C2=NS(=O)(=O)c3cc(NS(C)(=O)=O)ccc3N2)=C(O)C(c2cccs2)=N1. The summed E-state index contributed by atoms with van der Waals surface area (Å²) >= 11 is 1.42. The smallest absolute Gasteiger partial charge is 0.286 e. The monoisotopic (exact) mass is 523 g/mol. The van der Waals surface area contributed by atoms with Crippen LogP contribution in [0.1, 0.15) is 25.1 Å². The average molecular weight is 524 g/mol. The third-order valence-electron chi connectivity index (χ3n) is 5.12. The molecule has 182 valence electrons. The van der Waals surface area contributed by atoms with Crippen LogP contribution < -0.4 is 10.0 Å². The third-order valence-corrected chi connectivity index (χ3v) is 7.92. The van der Waals surface area contributed by atoms with E-state index in [0.717, 1.165) is 17.6 Å². The van der Waals surface area contributed by atoms with Crippen LogP contribution in [0.2, 0.25) is 0 Å². The number of rotatable bonds is 7. The van der Waals surface area contributed by atoms with Gasteiger partial charge in [0.15, 0.2) is 11.6 Å². The fraction of sp³-hybridized carbons (Fsp3) is 0.333. The minimum absolute atomic E-state index is 0.00678. The molecule has 1 aromatic heterocycles. The molecule has 0 saturated heterocycles. The highest BCUT2D eigenvalue weighted by Gasteiger charge is 2.32. The normalized spacial score (nSPS) is 17.7. The maximum Gasteiger partial charge on any atom is 0.286 e. The molecule has 0 aliphatic carbocycles. The van der Waals surface area contributed by atoms with Crippen molar-refractivity contribution in [2.75, 3.05) is 29.4 Å². The quantitative estimate of drug-likeness (QED) is 0.506. The topological polar surface area (TPSA) is 141 Å². The van der Waals surface area contributed by atoms with Crippen molar-refractivity contribution in [2.24, 2.45) is 15.4 Å². The van der Waals surface area contributed by atoms with Crippen molar-refractivity contribution in [3.8, 4) is 0 Å². The maximum atomic E-state index is 13.0. The Morgan fingerprint density at radius 3 is 2.71 bits per heavy atom. The molecule has 0 spiro atoms. The molecule has 2 aliphatic heterocycles. The summed E-state index contributed by atoms with van der Waals surface area (Å²) in [5.74, 6) is 0.311. The minimum atomic E-state index is -4.17. The zero-order valence-corrected chi connectivity index (χ0v) is 21.3. The van der Waals surface area contributed by atoms with E-state index in [0.29, 0.717) is 23.7 Å². The van der Waals surface area contributed by atoms with Gasteiger partial charge in [-0.2, -0.15) is 13.5 Å². The lowest BCUT2D eigenvalue weighted by atomic mass is 10.1. The van der Waals surface area contributed by atoms with Crippen molar-refractivity contribution in [1.82, 2.24) is 5.01 Å². The second-order valence-electron chi connectivity index (χ2n) is 8.45. The lowest BCUT2D eigenvalue weighted by Gasteiger charge is -2.29. The molecular formula is C21H25N5O5S3. The van der Waals surface area contributed by atoms with E-state index in [2.05, 4.69) is 33.4 Å². The van der Waals surface area contributed by atoms with Gasteiger partial charge in [-0.05, 0) is 42.0 Å². The number of sulfonamides is 2. The number of fused-ring (bicyclic) bond motifs is 1. The Hall–Kier alpha value is -2.90. The van der Waals surface area contributed by atoms with E-state index in [1.807, 2.05) is 17.5 Å². The molecule has 0 atom stereocenters. The number of hydrogen-bond donors (Lipinski definition) is 3. The standard InChI is InChI=1S/C21H25N5O5S3/c1-13(2)8-9-26-12-15(20(27)19(23-26)17-5-4-10-32-17)21-22-16-7-6-14(24-33(3,28)29)11-18(16)34(30,31)25-21/h4-7,10-11,13,24,27H,8-9,12H2,1-3H3,(H,22,25). The van der Waals surface area contributed by atoms with Gasteiger partial charge in [0.1, 0.15) is 10.6 Å². The fourth-order valence-corrected chi connectivity index (χ4v) is 5.93. The summed E-state index contributed by atoms with van der Waals surface area (Å²) in [4.78, 5) is 0.588. The zero-order valence-electron chi connectivity index (χ0n) is 18.8. The number of aliphatic hydroxyl groups is 1. The highest BCUT2D eigenvalue weighted by molar-refractivity contribution is 7.92. The number of hydrogen-bond acceptors (Lipinski definition) is 9. The van der Waals surface area contributed by atoms with Crippen LogP contribution in [0, 0.1) is 5.92 Å². The van der Waals surface area contributed by atoms with Crippen LogP contribution in [0.15, 0.2) is 61.4 Å². The van der Waals surface area contributed by atoms with Gasteiger partial charge >= 0.3 is 0 Å². The number of aliphatic hydroxyl groups excluding tert-OH is 1. The molecule has 0 fully saturated rings. The second kappa shape index (κ2) is 9.04. The molecule has 10 nitrogen and oxygen atoms in total. The van der Waals surface area contributed by atoms with Gasteiger partial charge in [-0.25, -0.2) is 8.42 Å². The average Bonchev–Trinajstić information content (AvgIpc) is 3.26. The molecule has 13 heteroatoms. The van der Waals surface area contributed by atoms with Gasteiger partial charge < -0.3 is 10.4 Å². The molecule has 0 amide bonds. The Labute approximate surface area is 202 Å². The molecule has 4 rings (SSSR count). The van der Waals surface area contributed by atoms with E-state index in [1.165, 1.54) is 29.5 Å². The molecule has 0 saturated carbocycles. The summed E-state index contributed by atoms with van der Waals surface area (Å²) in [5, 5.41) is 22.3. The molecule has 2 aromatic rings. The Morgan fingerprint density at radius 2 is 2.06 bits per heavy atom. The van der Waals surface area contributed by atoms with Gasteiger partial charge in [0, 0.05) is 12.2 Å². The number of nitrogens with one attached hydrogen (secondary N) is 2. The van der Waals surface area contributed by atoms with Crippen molar-refractivity contribution in [3.63, 3.8) is 0 Å². The lowest BCUT2D eigenvalue weighted by molar-refractivity contribution is 0.280. The summed E-state index contributed by atoms with van der Waals surface area (Å²) in [7, 11) is -7.75. The van der Waals surface area contributed by atoms with Crippen molar-refractivity contribution in [2.45, 2.75) is 25.2 Å². The highest BCUT2D eigenvalue weighted by atomic mass is 32.2. The number of anilines is 2. The molecule has 34 heavy (non-hydrogen) atoms. The first-order valence-electron chi connectivity index (χ1n) is 10.5. The first-order chi connectivity index (χ1) is 15.9. The Morgan fingerprint density at radius 1 is 1.29 bits per heavy atom. The van der Waals surface area contributed by atoms with E-state index >= 15 is 0 Å². The number of benzene rings is 1. The molecular weight excluding hydrogens is 498 g/mol. The Bertz CT molecular complexity index is 1410.